The monoisotopic (exact) mass is 365 g/mol. The van der Waals surface area contributed by atoms with Gasteiger partial charge in [0.15, 0.2) is 5.76 Å². The lowest BCUT2D eigenvalue weighted by Crippen LogP contribution is -2.30. The Morgan fingerprint density at radius 1 is 1.26 bits per heavy atom. The molecule has 0 aliphatic carbocycles. The molecular weight excluding hydrogens is 342 g/mol. The highest BCUT2D eigenvalue weighted by molar-refractivity contribution is 5.77. The number of aryl methyl sites for hydroxylation is 2. The van der Waals surface area contributed by atoms with Gasteiger partial charge in [0, 0.05) is 19.4 Å². The number of likely N-dealkylation sites (tertiary alicyclic amines) is 1. The van der Waals surface area contributed by atoms with Crippen LogP contribution in [0.25, 0.3) is 11.6 Å². The Morgan fingerprint density at radius 2 is 2.15 bits per heavy atom. The summed E-state index contributed by atoms with van der Waals surface area (Å²) in [4.78, 5) is 19.1. The van der Waals surface area contributed by atoms with Crippen molar-refractivity contribution in [1.82, 2.24) is 15.0 Å². The van der Waals surface area contributed by atoms with Gasteiger partial charge in [-0.2, -0.15) is 4.98 Å². The minimum absolute atomic E-state index is 0.200. The fraction of sp³-hybridized carbons (Fsp3) is 0.381. The molecule has 1 aromatic carbocycles. The van der Waals surface area contributed by atoms with Crippen LogP contribution in [-0.2, 0) is 11.2 Å². The Kier molecular flexibility index (Phi) is 5.05. The molecule has 0 N–H and O–H groups in total. The summed E-state index contributed by atoms with van der Waals surface area (Å²) in [5.74, 6) is 1.76. The van der Waals surface area contributed by atoms with E-state index < -0.39 is 0 Å². The molecule has 3 aromatic rings. The van der Waals surface area contributed by atoms with Crippen LogP contribution in [0.1, 0.15) is 48.7 Å². The Morgan fingerprint density at radius 3 is 2.96 bits per heavy atom. The third-order valence-electron chi connectivity index (χ3n) is 5.11. The lowest BCUT2D eigenvalue weighted by atomic mass is 9.99. The van der Waals surface area contributed by atoms with Gasteiger partial charge in [-0.05, 0) is 49.4 Å². The first-order valence-electron chi connectivity index (χ1n) is 9.44. The van der Waals surface area contributed by atoms with Crippen LogP contribution in [0, 0.1) is 6.92 Å². The van der Waals surface area contributed by atoms with E-state index in [0.717, 1.165) is 19.4 Å². The molecule has 1 atom stereocenters. The highest BCUT2D eigenvalue weighted by Gasteiger charge is 2.30. The Balaban J connectivity index is 1.33. The van der Waals surface area contributed by atoms with Crippen molar-refractivity contribution in [3.05, 3.63) is 59.7 Å². The third-order valence-corrected chi connectivity index (χ3v) is 5.11. The van der Waals surface area contributed by atoms with Gasteiger partial charge in [0.2, 0.25) is 17.6 Å². The maximum atomic E-state index is 12.8. The van der Waals surface area contributed by atoms with Gasteiger partial charge in [-0.25, -0.2) is 0 Å². The average molecular weight is 365 g/mol. The normalized spacial score (nSPS) is 16.8. The minimum atomic E-state index is 0.200. The van der Waals surface area contributed by atoms with E-state index in [1.807, 2.05) is 11.0 Å². The Hall–Kier alpha value is -2.89. The van der Waals surface area contributed by atoms with Crippen LogP contribution in [0.3, 0.4) is 0 Å². The van der Waals surface area contributed by atoms with Gasteiger partial charge in [0.05, 0.1) is 12.3 Å². The van der Waals surface area contributed by atoms with Gasteiger partial charge in [-0.3, -0.25) is 4.79 Å². The van der Waals surface area contributed by atoms with Gasteiger partial charge >= 0.3 is 0 Å². The second-order valence-electron chi connectivity index (χ2n) is 6.94. The van der Waals surface area contributed by atoms with Crippen molar-refractivity contribution in [2.75, 3.05) is 6.54 Å². The molecule has 1 amide bonds. The molecule has 1 aliphatic heterocycles. The molecule has 1 aliphatic rings. The summed E-state index contributed by atoms with van der Waals surface area (Å²) in [7, 11) is 0. The lowest BCUT2D eigenvalue weighted by Gasteiger charge is -2.26. The van der Waals surface area contributed by atoms with Crippen molar-refractivity contribution in [2.24, 2.45) is 0 Å². The summed E-state index contributed by atoms with van der Waals surface area (Å²) in [6, 6.07) is 12.1. The van der Waals surface area contributed by atoms with Crippen molar-refractivity contribution in [3.63, 3.8) is 0 Å². The van der Waals surface area contributed by atoms with E-state index in [1.165, 1.54) is 11.1 Å². The molecule has 3 heterocycles. The van der Waals surface area contributed by atoms with E-state index >= 15 is 0 Å². The van der Waals surface area contributed by atoms with Crippen LogP contribution >= 0.6 is 0 Å². The van der Waals surface area contributed by atoms with E-state index in [0.29, 0.717) is 36.7 Å². The highest BCUT2D eigenvalue weighted by atomic mass is 16.5. The first-order valence-corrected chi connectivity index (χ1v) is 9.44. The number of amides is 1. The molecule has 6 nitrogen and oxygen atoms in total. The maximum absolute atomic E-state index is 12.8. The SMILES string of the molecule is Cc1ccccc1C1CCCN1C(=O)CCCc1nc(-c2ccco2)no1. The van der Waals surface area contributed by atoms with Crippen molar-refractivity contribution in [2.45, 2.75) is 45.1 Å². The summed E-state index contributed by atoms with van der Waals surface area (Å²) in [6.07, 6.45) is 5.43. The van der Waals surface area contributed by atoms with Crippen LogP contribution in [0.2, 0.25) is 0 Å². The Bertz CT molecular complexity index is 901. The summed E-state index contributed by atoms with van der Waals surface area (Å²) in [6.45, 7) is 2.95. The van der Waals surface area contributed by atoms with Gasteiger partial charge in [-0.15, -0.1) is 0 Å². The minimum Gasteiger partial charge on any atom is -0.461 e. The number of carbonyl (C=O) groups excluding carboxylic acids is 1. The first-order chi connectivity index (χ1) is 13.2. The fourth-order valence-corrected chi connectivity index (χ4v) is 3.75. The van der Waals surface area contributed by atoms with Crippen molar-refractivity contribution >= 4 is 5.91 Å². The average Bonchev–Trinajstić information content (AvgIpc) is 3.42. The number of nitrogens with zero attached hydrogens (tertiary/aromatic N) is 3. The molecule has 6 heteroatoms. The van der Waals surface area contributed by atoms with Crippen LogP contribution in [0.4, 0.5) is 0 Å². The maximum Gasteiger partial charge on any atom is 0.238 e. The number of carbonyl (C=O) groups is 1. The van der Waals surface area contributed by atoms with Gasteiger partial charge in [0.25, 0.3) is 0 Å². The zero-order chi connectivity index (χ0) is 18.6. The molecule has 1 unspecified atom stereocenters. The molecular formula is C21H23N3O3. The second kappa shape index (κ2) is 7.78. The van der Waals surface area contributed by atoms with Crippen molar-refractivity contribution in [3.8, 4) is 11.6 Å². The van der Waals surface area contributed by atoms with E-state index in [4.69, 9.17) is 8.94 Å². The molecule has 27 heavy (non-hydrogen) atoms. The standard InChI is InChI=1S/C21H23N3O3/c1-15-7-2-3-8-16(15)17-9-5-13-24(17)20(25)12-4-11-19-22-21(23-27-19)18-10-6-14-26-18/h2-3,6-8,10,14,17H,4-5,9,11-13H2,1H3. The van der Waals surface area contributed by atoms with Gasteiger partial charge in [-0.1, -0.05) is 29.4 Å². The van der Waals surface area contributed by atoms with Crippen LogP contribution in [-0.4, -0.2) is 27.5 Å². The number of benzene rings is 1. The van der Waals surface area contributed by atoms with Crippen molar-refractivity contribution < 1.29 is 13.7 Å². The van der Waals surface area contributed by atoms with Gasteiger partial charge < -0.3 is 13.8 Å². The summed E-state index contributed by atoms with van der Waals surface area (Å²) >= 11 is 0. The second-order valence-corrected chi connectivity index (χ2v) is 6.94. The lowest BCUT2D eigenvalue weighted by molar-refractivity contribution is -0.132. The van der Waals surface area contributed by atoms with Crippen LogP contribution in [0.5, 0.6) is 0 Å². The Labute approximate surface area is 158 Å². The quantitative estimate of drug-likeness (QED) is 0.650. The molecule has 1 fully saturated rings. The van der Waals surface area contributed by atoms with Gasteiger partial charge in [0.1, 0.15) is 0 Å². The van der Waals surface area contributed by atoms with E-state index in [1.54, 1.807) is 18.4 Å². The zero-order valence-electron chi connectivity index (χ0n) is 15.4. The van der Waals surface area contributed by atoms with E-state index in [-0.39, 0.29) is 11.9 Å². The smallest absolute Gasteiger partial charge is 0.238 e. The molecule has 140 valence electrons. The van der Waals surface area contributed by atoms with Crippen molar-refractivity contribution in [1.29, 1.82) is 0 Å². The fourth-order valence-electron chi connectivity index (χ4n) is 3.75. The number of furan rings is 1. The van der Waals surface area contributed by atoms with Crippen LogP contribution in [0.15, 0.2) is 51.6 Å². The molecule has 1 saturated heterocycles. The number of rotatable bonds is 6. The topological polar surface area (TPSA) is 72.4 Å². The first kappa shape index (κ1) is 17.5. The number of aromatic nitrogens is 2. The van der Waals surface area contributed by atoms with E-state index in [2.05, 4.69) is 35.3 Å². The predicted octanol–water partition coefficient (Wildman–Crippen LogP) is 4.32. The molecule has 4 rings (SSSR count). The molecule has 0 bridgehead atoms. The predicted molar refractivity (Wildman–Crippen MR) is 99.8 cm³/mol. The molecule has 0 saturated carbocycles. The molecule has 2 aromatic heterocycles. The van der Waals surface area contributed by atoms with Crippen LogP contribution < -0.4 is 0 Å². The zero-order valence-corrected chi connectivity index (χ0v) is 15.4. The molecule has 0 spiro atoms. The number of hydrogen-bond donors (Lipinski definition) is 0. The summed E-state index contributed by atoms with van der Waals surface area (Å²) < 4.78 is 10.5. The summed E-state index contributed by atoms with van der Waals surface area (Å²) in [5, 5.41) is 3.92. The number of hydrogen-bond acceptors (Lipinski definition) is 5. The third kappa shape index (κ3) is 3.79. The van der Waals surface area contributed by atoms with E-state index in [9.17, 15) is 4.79 Å². The molecule has 0 radical (unpaired) electrons. The highest BCUT2D eigenvalue weighted by Crippen LogP contribution is 2.34. The largest absolute Gasteiger partial charge is 0.461 e. The summed E-state index contributed by atoms with van der Waals surface area (Å²) in [5.41, 5.74) is 2.52.